The van der Waals surface area contributed by atoms with Crippen molar-refractivity contribution in [1.29, 1.82) is 0 Å². The molecule has 0 fully saturated rings. The Kier molecular flexibility index (Phi) is 2.31. The first-order chi connectivity index (χ1) is 4.84. The van der Waals surface area contributed by atoms with Gasteiger partial charge in [0, 0.05) is 20.1 Å². The zero-order valence-corrected chi connectivity index (χ0v) is 6.25. The minimum absolute atomic E-state index is 0.643. The molecule has 0 amide bonds. The van der Waals surface area contributed by atoms with Gasteiger partial charge in [-0.1, -0.05) is 12.2 Å². The maximum atomic E-state index is 5.59. The summed E-state index contributed by atoms with van der Waals surface area (Å²) in [7, 11) is 1.72. The molecule has 0 bridgehead atoms. The molecule has 1 rings (SSSR count). The van der Waals surface area contributed by atoms with Gasteiger partial charge < -0.3 is 10.6 Å². The first kappa shape index (κ1) is 7.12. The summed E-state index contributed by atoms with van der Waals surface area (Å²) in [6.07, 6.45) is 5.36. The minimum Gasteiger partial charge on any atom is -0.370 e. The van der Waals surface area contributed by atoms with E-state index in [1.54, 1.807) is 7.05 Å². The van der Waals surface area contributed by atoms with Gasteiger partial charge in [-0.3, -0.25) is 4.99 Å². The number of hydrogen-bond donors (Lipinski definition) is 1. The van der Waals surface area contributed by atoms with E-state index in [9.17, 15) is 0 Å². The highest BCUT2D eigenvalue weighted by Gasteiger charge is 2.06. The van der Waals surface area contributed by atoms with Crippen LogP contribution in [0.4, 0.5) is 0 Å². The lowest BCUT2D eigenvalue weighted by atomic mass is 10.3. The summed E-state index contributed by atoms with van der Waals surface area (Å²) in [5.41, 5.74) is 5.59. The largest absolute Gasteiger partial charge is 0.370 e. The first-order valence-electron chi connectivity index (χ1n) is 3.47. The Bertz CT molecular complexity index is 160. The van der Waals surface area contributed by atoms with Crippen molar-refractivity contribution in [3.8, 4) is 0 Å². The number of hydrogen-bond acceptors (Lipinski definition) is 1. The summed E-state index contributed by atoms with van der Waals surface area (Å²) >= 11 is 0. The molecule has 0 aromatic rings. The molecule has 0 aromatic heterocycles. The summed E-state index contributed by atoms with van der Waals surface area (Å²) in [5.74, 6) is 0.643. The maximum Gasteiger partial charge on any atom is 0.191 e. The van der Waals surface area contributed by atoms with Gasteiger partial charge in [-0.15, -0.1) is 0 Å². The van der Waals surface area contributed by atoms with Crippen LogP contribution < -0.4 is 5.73 Å². The molecule has 0 saturated carbocycles. The van der Waals surface area contributed by atoms with Crippen molar-refractivity contribution in [3.05, 3.63) is 12.2 Å². The molecule has 1 aliphatic rings. The van der Waals surface area contributed by atoms with E-state index in [2.05, 4.69) is 22.0 Å². The van der Waals surface area contributed by atoms with Crippen LogP contribution in [0.3, 0.4) is 0 Å². The summed E-state index contributed by atoms with van der Waals surface area (Å²) in [5, 5.41) is 0. The van der Waals surface area contributed by atoms with Crippen molar-refractivity contribution in [3.63, 3.8) is 0 Å². The lowest BCUT2D eigenvalue weighted by Gasteiger charge is -2.23. The molecule has 1 aliphatic heterocycles. The van der Waals surface area contributed by atoms with E-state index in [0.29, 0.717) is 5.96 Å². The van der Waals surface area contributed by atoms with E-state index in [4.69, 9.17) is 5.73 Å². The van der Waals surface area contributed by atoms with Crippen LogP contribution in [0, 0.1) is 0 Å². The molecule has 2 N–H and O–H groups in total. The van der Waals surface area contributed by atoms with Crippen molar-refractivity contribution in [2.45, 2.75) is 6.42 Å². The summed E-state index contributed by atoms with van der Waals surface area (Å²) in [4.78, 5) is 5.95. The molecule has 3 nitrogen and oxygen atoms in total. The third-order valence-electron chi connectivity index (χ3n) is 1.61. The second kappa shape index (κ2) is 3.25. The molecule has 0 radical (unpaired) electrons. The molecule has 1 heterocycles. The molecule has 3 heteroatoms. The van der Waals surface area contributed by atoms with E-state index in [0.717, 1.165) is 19.5 Å². The van der Waals surface area contributed by atoms with Crippen LogP contribution in [0.25, 0.3) is 0 Å². The molecular weight excluding hydrogens is 126 g/mol. The summed E-state index contributed by atoms with van der Waals surface area (Å²) in [6.45, 7) is 1.91. The highest BCUT2D eigenvalue weighted by molar-refractivity contribution is 5.78. The predicted octanol–water partition coefficient (Wildman–Crippen LogP) is 0.193. The minimum atomic E-state index is 0.643. The Morgan fingerprint density at radius 3 is 2.90 bits per heavy atom. The van der Waals surface area contributed by atoms with Gasteiger partial charge in [-0.25, -0.2) is 0 Å². The van der Waals surface area contributed by atoms with Gasteiger partial charge in [-0.2, -0.15) is 0 Å². The highest BCUT2D eigenvalue weighted by atomic mass is 15.2. The Labute approximate surface area is 61.2 Å². The fourth-order valence-electron chi connectivity index (χ4n) is 0.991. The van der Waals surface area contributed by atoms with Crippen molar-refractivity contribution < 1.29 is 0 Å². The topological polar surface area (TPSA) is 41.6 Å². The van der Waals surface area contributed by atoms with Crippen molar-refractivity contribution in [2.75, 3.05) is 20.1 Å². The number of aliphatic imine (C=N–C) groups is 1. The van der Waals surface area contributed by atoms with Gasteiger partial charge >= 0.3 is 0 Å². The molecule has 0 atom stereocenters. The lowest BCUT2D eigenvalue weighted by Crippen LogP contribution is -2.39. The molecule has 0 saturated heterocycles. The Balaban J connectivity index is 2.49. The van der Waals surface area contributed by atoms with Crippen LogP contribution in [-0.2, 0) is 0 Å². The van der Waals surface area contributed by atoms with E-state index in [-0.39, 0.29) is 0 Å². The zero-order chi connectivity index (χ0) is 7.40. The van der Waals surface area contributed by atoms with Crippen molar-refractivity contribution in [2.24, 2.45) is 10.7 Å². The predicted molar refractivity (Wildman–Crippen MR) is 42.9 cm³/mol. The average molecular weight is 139 g/mol. The first-order valence-corrected chi connectivity index (χ1v) is 3.47. The van der Waals surface area contributed by atoms with Gasteiger partial charge in [-0.05, 0) is 6.42 Å². The number of nitrogens with zero attached hydrogens (tertiary/aromatic N) is 2. The molecular formula is C7H13N3. The second-order valence-corrected chi connectivity index (χ2v) is 2.29. The molecule has 56 valence electrons. The fraction of sp³-hybridized carbons (Fsp3) is 0.571. The van der Waals surface area contributed by atoms with Crippen LogP contribution in [0.15, 0.2) is 17.1 Å². The highest BCUT2D eigenvalue weighted by Crippen LogP contribution is 1.99. The van der Waals surface area contributed by atoms with Crippen molar-refractivity contribution in [1.82, 2.24) is 4.90 Å². The lowest BCUT2D eigenvalue weighted by molar-refractivity contribution is 0.448. The van der Waals surface area contributed by atoms with E-state index in [1.165, 1.54) is 0 Å². The van der Waals surface area contributed by atoms with Gasteiger partial charge in [0.05, 0.1) is 0 Å². The van der Waals surface area contributed by atoms with Crippen LogP contribution >= 0.6 is 0 Å². The average Bonchev–Trinajstić information content (AvgIpc) is 2.05. The van der Waals surface area contributed by atoms with E-state index in [1.807, 2.05) is 0 Å². The number of guanidine groups is 1. The van der Waals surface area contributed by atoms with Crippen LogP contribution in [0.1, 0.15) is 6.42 Å². The summed E-state index contributed by atoms with van der Waals surface area (Å²) in [6, 6.07) is 0. The smallest absolute Gasteiger partial charge is 0.191 e. The molecule has 0 spiro atoms. The van der Waals surface area contributed by atoms with E-state index >= 15 is 0 Å². The standard InChI is InChI=1S/C7H13N3/c1-9-7(8)10-5-3-2-4-6-10/h2-3H,4-6H2,1H3,(H2,8,9). The van der Waals surface area contributed by atoms with Gasteiger partial charge in [0.15, 0.2) is 5.96 Å². The normalized spacial score (nSPS) is 19.7. The number of nitrogens with two attached hydrogens (primary N) is 1. The molecule has 10 heavy (non-hydrogen) atoms. The zero-order valence-electron chi connectivity index (χ0n) is 6.25. The van der Waals surface area contributed by atoms with Gasteiger partial charge in [0.25, 0.3) is 0 Å². The molecule has 0 aliphatic carbocycles. The third-order valence-corrected chi connectivity index (χ3v) is 1.61. The quantitative estimate of drug-likeness (QED) is 0.296. The van der Waals surface area contributed by atoms with Crippen LogP contribution in [-0.4, -0.2) is 31.0 Å². The Hall–Kier alpha value is -0.990. The van der Waals surface area contributed by atoms with Crippen LogP contribution in [0.2, 0.25) is 0 Å². The fourth-order valence-corrected chi connectivity index (χ4v) is 0.991. The monoisotopic (exact) mass is 139 g/mol. The van der Waals surface area contributed by atoms with Crippen LogP contribution in [0.5, 0.6) is 0 Å². The summed E-state index contributed by atoms with van der Waals surface area (Å²) < 4.78 is 0. The third kappa shape index (κ3) is 1.50. The molecule has 0 aromatic carbocycles. The number of rotatable bonds is 0. The Morgan fingerprint density at radius 1 is 1.60 bits per heavy atom. The Morgan fingerprint density at radius 2 is 2.40 bits per heavy atom. The SMILES string of the molecule is CN=C(N)N1CC=CCC1. The second-order valence-electron chi connectivity index (χ2n) is 2.29. The molecule has 0 unspecified atom stereocenters. The van der Waals surface area contributed by atoms with Crippen molar-refractivity contribution >= 4 is 5.96 Å². The van der Waals surface area contributed by atoms with Gasteiger partial charge in [0.2, 0.25) is 0 Å². The maximum absolute atomic E-state index is 5.59. The van der Waals surface area contributed by atoms with E-state index < -0.39 is 0 Å². The van der Waals surface area contributed by atoms with Gasteiger partial charge in [0.1, 0.15) is 0 Å².